The zero-order chi connectivity index (χ0) is 16.1. The van der Waals surface area contributed by atoms with Gasteiger partial charge in [-0.25, -0.2) is 14.2 Å². The zero-order valence-electron chi connectivity index (χ0n) is 13.3. The highest BCUT2D eigenvalue weighted by molar-refractivity contribution is 5.75. The summed E-state index contributed by atoms with van der Waals surface area (Å²) in [4.78, 5) is 4.65. The smallest absolute Gasteiger partial charge is 0.154 e. The van der Waals surface area contributed by atoms with Crippen molar-refractivity contribution in [3.8, 4) is 17.1 Å². The van der Waals surface area contributed by atoms with Crippen LogP contribution in [-0.4, -0.2) is 30.9 Å². The van der Waals surface area contributed by atoms with Crippen LogP contribution in [0.2, 0.25) is 0 Å². The van der Waals surface area contributed by atoms with E-state index in [0.717, 1.165) is 47.1 Å². The molecule has 0 amide bonds. The lowest BCUT2D eigenvalue weighted by atomic mass is 10.1. The van der Waals surface area contributed by atoms with Gasteiger partial charge in [0.15, 0.2) is 11.6 Å². The van der Waals surface area contributed by atoms with E-state index in [1.54, 1.807) is 0 Å². The molecule has 4 aromatic rings. The van der Waals surface area contributed by atoms with Crippen LogP contribution in [0.5, 0.6) is 0 Å². The largest absolute Gasteiger partial charge is 0.368 e. The van der Waals surface area contributed by atoms with Crippen molar-refractivity contribution in [3.63, 3.8) is 0 Å². The summed E-state index contributed by atoms with van der Waals surface area (Å²) in [6, 6.07) is 12.2. The van der Waals surface area contributed by atoms with Crippen molar-refractivity contribution in [1.82, 2.24) is 24.4 Å². The molecular formula is C18H16N6. The van der Waals surface area contributed by atoms with Crippen LogP contribution in [0.3, 0.4) is 0 Å². The molecule has 1 aliphatic rings. The van der Waals surface area contributed by atoms with Gasteiger partial charge in [-0.15, -0.1) is 5.10 Å². The second-order valence-electron chi connectivity index (χ2n) is 6.02. The second-order valence-corrected chi connectivity index (χ2v) is 6.02. The number of aromatic nitrogens is 5. The van der Waals surface area contributed by atoms with Crippen LogP contribution in [0.15, 0.2) is 48.8 Å². The number of nitrogens with zero attached hydrogens (tertiary/aromatic N) is 5. The Morgan fingerprint density at radius 1 is 1.17 bits per heavy atom. The fraction of sp³-hybridized carbons (Fsp3) is 0.167. The van der Waals surface area contributed by atoms with Crippen LogP contribution in [0.25, 0.3) is 22.6 Å². The van der Waals surface area contributed by atoms with Gasteiger partial charge in [-0.3, -0.25) is 0 Å². The molecule has 24 heavy (non-hydrogen) atoms. The maximum absolute atomic E-state index is 4.77. The van der Waals surface area contributed by atoms with Crippen molar-refractivity contribution in [2.45, 2.75) is 13.3 Å². The first-order chi connectivity index (χ1) is 11.8. The molecule has 0 aromatic carbocycles. The van der Waals surface area contributed by atoms with Gasteiger partial charge in [0.05, 0.1) is 11.2 Å². The molecule has 0 saturated heterocycles. The fourth-order valence-corrected chi connectivity index (χ4v) is 3.31. The first-order valence-corrected chi connectivity index (χ1v) is 8.03. The van der Waals surface area contributed by atoms with Crippen LogP contribution in [-0.2, 0) is 6.42 Å². The fourth-order valence-electron chi connectivity index (χ4n) is 3.31. The number of anilines is 1. The number of aryl methyl sites for hydroxylation is 1. The van der Waals surface area contributed by atoms with Gasteiger partial charge in [-0.1, -0.05) is 6.07 Å². The number of pyridine rings is 2. The quantitative estimate of drug-likeness (QED) is 0.618. The minimum Gasteiger partial charge on any atom is -0.368 e. The summed E-state index contributed by atoms with van der Waals surface area (Å²) >= 11 is 0. The van der Waals surface area contributed by atoms with Crippen LogP contribution < -0.4 is 5.32 Å². The molecular weight excluding hydrogens is 300 g/mol. The highest BCUT2D eigenvalue weighted by Crippen LogP contribution is 2.34. The topological polar surface area (TPSA) is 60.0 Å². The van der Waals surface area contributed by atoms with Crippen LogP contribution in [0.4, 0.5) is 5.82 Å². The normalized spacial score (nSPS) is 13.2. The van der Waals surface area contributed by atoms with E-state index in [9.17, 15) is 0 Å². The third kappa shape index (κ3) is 1.93. The highest BCUT2D eigenvalue weighted by atomic mass is 15.4. The molecule has 0 radical (unpaired) electrons. The Bertz CT molecular complexity index is 1060. The average molecular weight is 316 g/mol. The van der Waals surface area contributed by atoms with E-state index < -0.39 is 0 Å². The predicted molar refractivity (Wildman–Crippen MR) is 92.5 cm³/mol. The number of hydrogen-bond donors (Lipinski definition) is 1. The highest BCUT2D eigenvalue weighted by Gasteiger charge is 2.24. The number of hydrogen-bond acceptors (Lipinski definition) is 4. The van der Waals surface area contributed by atoms with Crippen molar-refractivity contribution in [3.05, 3.63) is 60.0 Å². The summed E-state index contributed by atoms with van der Waals surface area (Å²) in [5, 5.41) is 12.4. The molecule has 0 unspecified atom stereocenters. The lowest BCUT2D eigenvalue weighted by molar-refractivity contribution is 0.841. The summed E-state index contributed by atoms with van der Waals surface area (Å²) in [7, 11) is 0. The van der Waals surface area contributed by atoms with Gasteiger partial charge >= 0.3 is 0 Å². The molecule has 5 rings (SSSR count). The van der Waals surface area contributed by atoms with E-state index in [1.165, 1.54) is 5.56 Å². The molecule has 0 aliphatic carbocycles. The molecule has 4 aromatic heterocycles. The van der Waals surface area contributed by atoms with Gasteiger partial charge in [0.1, 0.15) is 0 Å². The minimum absolute atomic E-state index is 0.842. The van der Waals surface area contributed by atoms with E-state index in [1.807, 2.05) is 52.8 Å². The van der Waals surface area contributed by atoms with Crippen LogP contribution in [0.1, 0.15) is 11.3 Å². The summed E-state index contributed by atoms with van der Waals surface area (Å²) in [6.45, 7) is 2.93. The molecule has 1 aliphatic heterocycles. The van der Waals surface area contributed by atoms with Gasteiger partial charge in [0.25, 0.3) is 0 Å². The first-order valence-electron chi connectivity index (χ1n) is 8.03. The molecule has 6 nitrogen and oxygen atoms in total. The summed E-state index contributed by atoms with van der Waals surface area (Å²) < 4.78 is 3.82. The second kappa shape index (κ2) is 4.92. The molecule has 0 bridgehead atoms. The van der Waals surface area contributed by atoms with E-state index in [-0.39, 0.29) is 0 Å². The van der Waals surface area contributed by atoms with E-state index >= 15 is 0 Å². The molecule has 1 N–H and O–H groups in total. The van der Waals surface area contributed by atoms with Crippen molar-refractivity contribution in [1.29, 1.82) is 0 Å². The summed E-state index contributed by atoms with van der Waals surface area (Å²) in [5.74, 6) is 1.80. The van der Waals surface area contributed by atoms with Crippen molar-refractivity contribution in [2.24, 2.45) is 0 Å². The maximum Gasteiger partial charge on any atom is 0.154 e. The molecule has 0 atom stereocenters. The average Bonchev–Trinajstić information content (AvgIpc) is 3.29. The summed E-state index contributed by atoms with van der Waals surface area (Å²) in [6.07, 6.45) is 4.77. The van der Waals surface area contributed by atoms with Crippen molar-refractivity contribution >= 4 is 11.3 Å². The van der Waals surface area contributed by atoms with E-state index in [2.05, 4.69) is 27.5 Å². The molecule has 0 saturated carbocycles. The van der Waals surface area contributed by atoms with Gasteiger partial charge in [-0.05, 0) is 43.7 Å². The van der Waals surface area contributed by atoms with Crippen molar-refractivity contribution in [2.75, 3.05) is 11.9 Å². The Kier molecular flexibility index (Phi) is 2.73. The number of nitrogens with one attached hydrogen (secondary N) is 1. The van der Waals surface area contributed by atoms with Crippen LogP contribution in [0, 0.1) is 6.92 Å². The molecule has 0 spiro atoms. The molecule has 118 valence electrons. The molecule has 5 heterocycles. The van der Waals surface area contributed by atoms with Gasteiger partial charge in [0, 0.05) is 35.8 Å². The minimum atomic E-state index is 0.842. The van der Waals surface area contributed by atoms with E-state index in [4.69, 9.17) is 5.10 Å². The lowest BCUT2D eigenvalue weighted by Crippen LogP contribution is -2.06. The Labute approximate surface area is 138 Å². The Hall–Kier alpha value is -3.15. The standard InChI is InChI=1S/C18H16N6/c1-12-3-2-4-16(21-12)24-17(15-6-8-19-18(15)22-24)13-7-10-23-14(11-13)5-9-20-23/h2-5,7,9-11H,6,8H2,1H3,(H,19,22). The Morgan fingerprint density at radius 3 is 3.04 bits per heavy atom. The lowest BCUT2D eigenvalue weighted by Gasteiger charge is -2.10. The number of fused-ring (bicyclic) bond motifs is 2. The third-order valence-corrected chi connectivity index (χ3v) is 4.41. The third-order valence-electron chi connectivity index (χ3n) is 4.41. The van der Waals surface area contributed by atoms with Gasteiger partial charge in [0.2, 0.25) is 0 Å². The SMILES string of the molecule is Cc1cccc(-n2nc3c(c2-c2ccn4nccc4c2)CCN3)n1. The van der Waals surface area contributed by atoms with E-state index in [0.29, 0.717) is 0 Å². The first kappa shape index (κ1) is 13.3. The van der Waals surface area contributed by atoms with Gasteiger partial charge in [-0.2, -0.15) is 5.10 Å². The van der Waals surface area contributed by atoms with Gasteiger partial charge < -0.3 is 5.32 Å². The maximum atomic E-state index is 4.77. The van der Waals surface area contributed by atoms with Crippen LogP contribution >= 0.6 is 0 Å². The summed E-state index contributed by atoms with van der Waals surface area (Å²) in [5.41, 5.74) is 5.54. The Morgan fingerprint density at radius 2 is 2.12 bits per heavy atom. The Balaban J connectivity index is 1.77. The molecule has 6 heteroatoms. The van der Waals surface area contributed by atoms with Crippen molar-refractivity contribution < 1.29 is 0 Å². The monoisotopic (exact) mass is 316 g/mol. The number of rotatable bonds is 2. The molecule has 0 fully saturated rings. The predicted octanol–water partition coefficient (Wildman–Crippen LogP) is 2.86. The zero-order valence-corrected chi connectivity index (χ0v) is 13.3.